The summed E-state index contributed by atoms with van der Waals surface area (Å²) >= 11 is 0. The molecule has 0 amide bonds. The Kier molecular flexibility index (Phi) is 1.90. The van der Waals surface area contributed by atoms with Crippen LogP contribution in [0, 0.1) is 10.4 Å². The predicted octanol–water partition coefficient (Wildman–Crippen LogP) is -0.0767. The van der Waals surface area contributed by atoms with Gasteiger partial charge in [-0.05, 0) is 5.28 Å². The molecular weight excluding hydrogens is 98.0 g/mol. The average molecular weight is 104 g/mol. The second-order valence-corrected chi connectivity index (χ2v) is 1.18. The smallest absolute Gasteiger partial charge is 0.0654 e. The van der Waals surface area contributed by atoms with Crippen LogP contribution in [0.15, 0.2) is 5.28 Å². The minimum atomic E-state index is -0.0556. The molecule has 0 unspecified atom stereocenters. The van der Waals surface area contributed by atoms with Crippen LogP contribution in [0.4, 0.5) is 0 Å². The minimum Gasteiger partial charge on any atom is -0.737 e. The normalized spacial score (nSPS) is 11.4. The summed E-state index contributed by atoms with van der Waals surface area (Å²) in [7, 11) is 2.85. The van der Waals surface area contributed by atoms with Gasteiger partial charge in [-0.15, -0.1) is 0 Å². The van der Waals surface area contributed by atoms with Crippen molar-refractivity contribution in [3.8, 4) is 0 Å². The highest BCUT2D eigenvalue weighted by molar-refractivity contribution is 4.13. The van der Waals surface area contributed by atoms with E-state index in [0.29, 0.717) is 0 Å². The van der Waals surface area contributed by atoms with Crippen molar-refractivity contribution in [3.05, 3.63) is 10.4 Å². The van der Waals surface area contributed by atoms with E-state index in [1.807, 2.05) is 5.28 Å². The molecule has 0 fully saturated rings. The molecule has 0 aliphatic rings. The van der Waals surface area contributed by atoms with Crippen molar-refractivity contribution in [1.29, 1.82) is 0 Å². The van der Waals surface area contributed by atoms with E-state index in [1.165, 1.54) is 14.1 Å². The first kappa shape index (κ1) is 6.00. The molecule has 0 aromatic carbocycles. The molecule has 0 radical (unpaired) electrons. The van der Waals surface area contributed by atoms with Crippen molar-refractivity contribution in [2.24, 2.45) is 5.28 Å². The summed E-state index contributed by atoms with van der Waals surface area (Å²) < 4.78 is 0. The lowest BCUT2D eigenvalue weighted by Crippen LogP contribution is -2.19. The molecule has 0 heterocycles. The average Bonchev–Trinajstić information content (AvgIpc) is 1.65. The summed E-state index contributed by atoms with van der Waals surface area (Å²) in [6.45, 7) is 0. The monoisotopic (exact) mass is 104 g/mol. The van der Waals surface area contributed by atoms with Crippen LogP contribution >= 0.6 is 0 Å². The van der Waals surface area contributed by atoms with Crippen molar-refractivity contribution in [3.63, 3.8) is 0 Å². The number of nitrogens with zero attached hydrogens (tertiary/aromatic N) is 3. The molecule has 0 aromatic rings. The quantitative estimate of drug-likeness (QED) is 0.265. The summed E-state index contributed by atoms with van der Waals surface area (Å²) in [5, 5.41) is 22.2. The molecule has 7 heavy (non-hydrogen) atoms. The second kappa shape index (κ2) is 2.22. The predicted molar refractivity (Wildman–Crippen MR) is 23.1 cm³/mol. The Balaban J connectivity index is 3.56. The van der Waals surface area contributed by atoms with Gasteiger partial charge < -0.3 is 10.4 Å². The first-order valence-electron chi connectivity index (χ1n) is 1.66. The van der Waals surface area contributed by atoms with E-state index in [9.17, 15) is 10.4 Å². The molecule has 0 aromatic heterocycles. The van der Waals surface area contributed by atoms with Crippen LogP contribution in [0.5, 0.6) is 0 Å². The van der Waals surface area contributed by atoms with Crippen LogP contribution in [-0.2, 0) is 0 Å². The Morgan fingerprint density at radius 1 is 1.57 bits per heavy atom. The molecule has 0 rings (SSSR count). The number of rotatable bonds is 1. The summed E-state index contributed by atoms with van der Waals surface area (Å²) in [6.07, 6.45) is 0. The van der Waals surface area contributed by atoms with E-state index < -0.39 is 0 Å². The SMILES string of the molecule is CN(C)/[N+]([O-])=N/[O-]. The zero-order valence-corrected chi connectivity index (χ0v) is 4.16. The summed E-state index contributed by atoms with van der Waals surface area (Å²) in [4.78, 5) is -0.0556. The first-order valence-corrected chi connectivity index (χ1v) is 1.66. The van der Waals surface area contributed by atoms with E-state index in [0.717, 1.165) is 5.01 Å². The lowest BCUT2D eigenvalue weighted by atomic mass is 11.2. The van der Waals surface area contributed by atoms with Gasteiger partial charge in [-0.1, -0.05) is 0 Å². The molecule has 0 N–H and O–H groups in total. The fraction of sp³-hybridized carbons (Fsp3) is 1.00. The van der Waals surface area contributed by atoms with Crippen molar-refractivity contribution < 1.29 is 4.97 Å². The number of hydrogen-bond donors (Lipinski definition) is 0. The highest BCUT2D eigenvalue weighted by Gasteiger charge is 1.87. The van der Waals surface area contributed by atoms with Gasteiger partial charge in [0.2, 0.25) is 0 Å². The molecule has 5 nitrogen and oxygen atoms in total. The van der Waals surface area contributed by atoms with Crippen molar-refractivity contribution >= 4 is 0 Å². The molecule has 5 heteroatoms. The molecule has 42 valence electrons. The molecule has 0 bridgehead atoms. The fourth-order valence-corrected chi connectivity index (χ4v) is 0.0730. The maximum atomic E-state index is 9.88. The summed E-state index contributed by atoms with van der Waals surface area (Å²) in [6, 6.07) is 0. The van der Waals surface area contributed by atoms with Crippen LogP contribution in [0.3, 0.4) is 0 Å². The van der Waals surface area contributed by atoms with Crippen molar-refractivity contribution in [1.82, 2.24) is 5.01 Å². The molecule has 0 aliphatic heterocycles. The highest BCUT2D eigenvalue weighted by Crippen LogP contribution is 1.74. The van der Waals surface area contributed by atoms with Crippen molar-refractivity contribution in [2.45, 2.75) is 0 Å². The molecule has 0 saturated carbocycles. The Labute approximate surface area is 41.0 Å². The van der Waals surface area contributed by atoms with Gasteiger partial charge in [0.05, 0.1) is 14.1 Å². The third kappa shape index (κ3) is 1.80. The molecule has 0 atom stereocenters. The van der Waals surface area contributed by atoms with E-state index in [2.05, 4.69) is 0 Å². The molecule has 0 aliphatic carbocycles. The third-order valence-electron chi connectivity index (χ3n) is 0.412. The molecular formula is C2H6N3O2-. The highest BCUT2D eigenvalue weighted by atomic mass is 16.6. The maximum absolute atomic E-state index is 9.88. The summed E-state index contributed by atoms with van der Waals surface area (Å²) in [5.41, 5.74) is 0. The van der Waals surface area contributed by atoms with Gasteiger partial charge in [0.25, 0.3) is 0 Å². The van der Waals surface area contributed by atoms with E-state index in [-0.39, 0.29) is 4.97 Å². The largest absolute Gasteiger partial charge is 0.737 e. The van der Waals surface area contributed by atoms with Crippen LogP contribution in [0.25, 0.3) is 0 Å². The van der Waals surface area contributed by atoms with Gasteiger partial charge in [0.1, 0.15) is 0 Å². The molecule has 0 spiro atoms. The summed E-state index contributed by atoms with van der Waals surface area (Å²) in [5.74, 6) is 0. The topological polar surface area (TPSA) is 64.7 Å². The van der Waals surface area contributed by atoms with Gasteiger partial charge in [0.15, 0.2) is 0 Å². The van der Waals surface area contributed by atoms with Gasteiger partial charge in [0, 0.05) is 4.97 Å². The Hall–Kier alpha value is -1.00. The third-order valence-corrected chi connectivity index (χ3v) is 0.412. The number of hydrogen-bond acceptors (Lipinski definition) is 3. The van der Waals surface area contributed by atoms with E-state index in [4.69, 9.17) is 0 Å². The Morgan fingerprint density at radius 2 is 2.00 bits per heavy atom. The van der Waals surface area contributed by atoms with Crippen LogP contribution in [0.1, 0.15) is 0 Å². The van der Waals surface area contributed by atoms with Gasteiger partial charge >= 0.3 is 0 Å². The lowest BCUT2D eigenvalue weighted by molar-refractivity contribution is -0.678. The van der Waals surface area contributed by atoms with Crippen LogP contribution in [-0.4, -0.2) is 24.1 Å². The van der Waals surface area contributed by atoms with Crippen molar-refractivity contribution in [2.75, 3.05) is 14.1 Å². The minimum absolute atomic E-state index is 0.0556. The number of hydrazine groups is 1. The van der Waals surface area contributed by atoms with Gasteiger partial charge in [-0.2, -0.15) is 5.01 Å². The maximum Gasteiger partial charge on any atom is 0.0654 e. The zero-order chi connectivity index (χ0) is 5.86. The van der Waals surface area contributed by atoms with E-state index >= 15 is 0 Å². The lowest BCUT2D eigenvalue weighted by Gasteiger charge is -2.06. The Morgan fingerprint density at radius 3 is 2.00 bits per heavy atom. The second-order valence-electron chi connectivity index (χ2n) is 1.18. The zero-order valence-electron chi connectivity index (χ0n) is 4.16. The first-order chi connectivity index (χ1) is 3.18. The standard InChI is InChI=1S/C2H7N3O2/c1-4(2)5(7)3-6/h6H,1-2H3/p-1/b5-3-. The fourth-order valence-electron chi connectivity index (χ4n) is 0.0730. The van der Waals surface area contributed by atoms with Gasteiger partial charge in [-0.25, -0.2) is 0 Å². The van der Waals surface area contributed by atoms with Crippen LogP contribution in [0.2, 0.25) is 0 Å². The molecule has 0 saturated heterocycles. The van der Waals surface area contributed by atoms with Crippen LogP contribution < -0.4 is 0 Å². The van der Waals surface area contributed by atoms with Gasteiger partial charge in [-0.3, -0.25) is 0 Å². The van der Waals surface area contributed by atoms with E-state index in [1.54, 1.807) is 0 Å². The Bertz CT molecular complexity index is 79.0.